The van der Waals surface area contributed by atoms with Crippen LogP contribution in [-0.2, 0) is 4.79 Å². The average Bonchev–Trinajstić information content (AvgIpc) is 2.27. The van der Waals surface area contributed by atoms with E-state index in [2.05, 4.69) is 10.1 Å². The number of nitrogens with one attached hydrogen (secondary N) is 1. The summed E-state index contributed by atoms with van der Waals surface area (Å²) in [4.78, 5) is 11.8. The number of ether oxygens (including phenoxy) is 2. The first-order valence-corrected chi connectivity index (χ1v) is 5.78. The van der Waals surface area contributed by atoms with E-state index in [-0.39, 0.29) is 17.3 Å². The maximum Gasteiger partial charge on any atom is 0.573 e. The summed E-state index contributed by atoms with van der Waals surface area (Å²) >= 11 is 0. The Labute approximate surface area is 114 Å². The number of methoxy groups -OCH3 is 1. The molecule has 0 aliphatic rings. The van der Waals surface area contributed by atoms with E-state index in [9.17, 15) is 18.0 Å². The smallest absolute Gasteiger partial charge is 0.494 e. The molecule has 20 heavy (non-hydrogen) atoms. The first kappa shape index (κ1) is 16.1. The molecule has 0 saturated carbocycles. The number of carbonyl (C=O) groups is 1. The van der Waals surface area contributed by atoms with Gasteiger partial charge in [0.25, 0.3) is 0 Å². The summed E-state index contributed by atoms with van der Waals surface area (Å²) in [5.41, 5.74) is -0.353. The number of carbonyl (C=O) groups excluding carboxylic acids is 1. The number of benzene rings is 1. The van der Waals surface area contributed by atoms with Gasteiger partial charge in [0, 0.05) is 11.5 Å². The number of rotatable bonds is 3. The van der Waals surface area contributed by atoms with Crippen LogP contribution in [-0.4, -0.2) is 19.4 Å². The second-order valence-electron chi connectivity index (χ2n) is 5.11. The fraction of sp³-hybridized carbons (Fsp3) is 0.462. The maximum atomic E-state index is 12.1. The van der Waals surface area contributed by atoms with Gasteiger partial charge in [0.1, 0.15) is 11.5 Å². The number of hydrogen-bond acceptors (Lipinski definition) is 3. The topological polar surface area (TPSA) is 47.6 Å². The van der Waals surface area contributed by atoms with Crippen LogP contribution in [0.15, 0.2) is 18.2 Å². The minimum absolute atomic E-state index is 0.0874. The lowest BCUT2D eigenvalue weighted by atomic mass is 9.95. The second kappa shape index (κ2) is 5.60. The molecule has 1 rings (SSSR count). The zero-order valence-electron chi connectivity index (χ0n) is 11.6. The lowest BCUT2D eigenvalue weighted by Gasteiger charge is -2.19. The van der Waals surface area contributed by atoms with Gasteiger partial charge in [-0.3, -0.25) is 4.79 Å². The van der Waals surface area contributed by atoms with Crippen molar-refractivity contribution in [3.05, 3.63) is 18.2 Å². The van der Waals surface area contributed by atoms with Crippen molar-refractivity contribution in [1.82, 2.24) is 0 Å². The molecule has 0 bridgehead atoms. The molecular formula is C13H16F3NO3. The van der Waals surface area contributed by atoms with Crippen molar-refractivity contribution in [3.63, 3.8) is 0 Å². The van der Waals surface area contributed by atoms with Crippen molar-refractivity contribution in [2.75, 3.05) is 12.4 Å². The number of anilines is 1. The third-order valence-corrected chi connectivity index (χ3v) is 2.34. The van der Waals surface area contributed by atoms with Crippen molar-refractivity contribution in [3.8, 4) is 11.5 Å². The summed E-state index contributed by atoms with van der Waals surface area (Å²) in [6.07, 6.45) is -4.78. The SMILES string of the molecule is COc1cc(OC(F)(F)F)ccc1NC(=O)C(C)(C)C. The van der Waals surface area contributed by atoms with E-state index < -0.39 is 17.5 Å². The van der Waals surface area contributed by atoms with Crippen molar-refractivity contribution in [2.24, 2.45) is 5.41 Å². The van der Waals surface area contributed by atoms with E-state index >= 15 is 0 Å². The molecular weight excluding hydrogens is 275 g/mol. The largest absolute Gasteiger partial charge is 0.573 e. The molecule has 0 fully saturated rings. The van der Waals surface area contributed by atoms with E-state index in [0.717, 1.165) is 12.1 Å². The Bertz CT molecular complexity index is 493. The van der Waals surface area contributed by atoms with Gasteiger partial charge in [0.15, 0.2) is 0 Å². The molecule has 0 aliphatic carbocycles. The number of alkyl halides is 3. The van der Waals surface area contributed by atoms with Crippen molar-refractivity contribution in [2.45, 2.75) is 27.1 Å². The van der Waals surface area contributed by atoms with Crippen molar-refractivity contribution >= 4 is 11.6 Å². The van der Waals surface area contributed by atoms with Crippen molar-refractivity contribution in [1.29, 1.82) is 0 Å². The summed E-state index contributed by atoms with van der Waals surface area (Å²) in [6, 6.07) is 3.46. The maximum absolute atomic E-state index is 12.1. The van der Waals surface area contributed by atoms with Crippen LogP contribution in [0.4, 0.5) is 18.9 Å². The van der Waals surface area contributed by atoms with Crippen LogP contribution >= 0.6 is 0 Å². The fourth-order valence-corrected chi connectivity index (χ4v) is 1.28. The van der Waals surface area contributed by atoms with Crippen LogP contribution in [0.25, 0.3) is 0 Å². The van der Waals surface area contributed by atoms with Crippen LogP contribution in [0.2, 0.25) is 0 Å². The monoisotopic (exact) mass is 291 g/mol. The van der Waals surface area contributed by atoms with E-state index in [1.54, 1.807) is 20.8 Å². The molecule has 0 unspecified atom stereocenters. The van der Waals surface area contributed by atoms with E-state index in [4.69, 9.17) is 4.74 Å². The van der Waals surface area contributed by atoms with Gasteiger partial charge in [-0.25, -0.2) is 0 Å². The molecule has 1 amide bonds. The summed E-state index contributed by atoms with van der Waals surface area (Å²) in [5.74, 6) is -0.604. The molecule has 0 heterocycles. The van der Waals surface area contributed by atoms with Crippen LogP contribution in [0.3, 0.4) is 0 Å². The van der Waals surface area contributed by atoms with Gasteiger partial charge in [-0.05, 0) is 12.1 Å². The Balaban J connectivity index is 2.97. The number of amides is 1. The number of halogens is 3. The van der Waals surface area contributed by atoms with Crippen molar-refractivity contribution < 1.29 is 27.4 Å². The van der Waals surface area contributed by atoms with Gasteiger partial charge in [-0.2, -0.15) is 0 Å². The molecule has 0 aliphatic heterocycles. The molecule has 0 radical (unpaired) electrons. The highest BCUT2D eigenvalue weighted by Gasteiger charge is 2.31. The zero-order chi connectivity index (χ0) is 15.6. The van der Waals surface area contributed by atoms with E-state index in [1.807, 2.05) is 0 Å². The predicted octanol–water partition coefficient (Wildman–Crippen LogP) is 3.58. The van der Waals surface area contributed by atoms with Gasteiger partial charge >= 0.3 is 6.36 Å². The zero-order valence-corrected chi connectivity index (χ0v) is 11.6. The summed E-state index contributed by atoms with van der Waals surface area (Å²) in [5, 5.41) is 2.59. The lowest BCUT2D eigenvalue weighted by molar-refractivity contribution is -0.274. The van der Waals surface area contributed by atoms with Crippen LogP contribution in [0.1, 0.15) is 20.8 Å². The lowest BCUT2D eigenvalue weighted by Crippen LogP contribution is -2.27. The Hall–Kier alpha value is -1.92. The Morgan fingerprint density at radius 2 is 1.80 bits per heavy atom. The molecule has 0 aromatic heterocycles. The predicted molar refractivity (Wildman–Crippen MR) is 67.8 cm³/mol. The highest BCUT2D eigenvalue weighted by atomic mass is 19.4. The molecule has 1 aromatic rings. The normalized spacial score (nSPS) is 11.9. The Morgan fingerprint density at radius 1 is 1.20 bits per heavy atom. The van der Waals surface area contributed by atoms with Crippen LogP contribution in [0.5, 0.6) is 11.5 Å². The Kier molecular flexibility index (Phi) is 4.52. The third-order valence-electron chi connectivity index (χ3n) is 2.34. The van der Waals surface area contributed by atoms with Gasteiger partial charge in [-0.1, -0.05) is 20.8 Å². The summed E-state index contributed by atoms with van der Waals surface area (Å²) in [7, 11) is 1.29. The van der Waals surface area contributed by atoms with E-state index in [1.165, 1.54) is 13.2 Å². The third kappa shape index (κ3) is 4.64. The summed E-state index contributed by atoms with van der Waals surface area (Å²) in [6.45, 7) is 5.15. The number of hydrogen-bond donors (Lipinski definition) is 1. The average molecular weight is 291 g/mol. The molecule has 4 nitrogen and oxygen atoms in total. The minimum atomic E-state index is -4.78. The summed E-state index contributed by atoms with van der Waals surface area (Å²) < 4.78 is 45.1. The molecule has 1 N–H and O–H groups in total. The fourth-order valence-electron chi connectivity index (χ4n) is 1.28. The highest BCUT2D eigenvalue weighted by molar-refractivity contribution is 5.95. The van der Waals surface area contributed by atoms with Gasteiger partial charge in [0.05, 0.1) is 12.8 Å². The standard InChI is InChI=1S/C13H16F3NO3/c1-12(2,3)11(18)17-9-6-5-8(7-10(9)19-4)20-13(14,15)16/h5-7H,1-4H3,(H,17,18). The van der Waals surface area contributed by atoms with Crippen LogP contribution in [0, 0.1) is 5.41 Å². The molecule has 0 spiro atoms. The molecule has 7 heteroatoms. The quantitative estimate of drug-likeness (QED) is 0.926. The Morgan fingerprint density at radius 3 is 2.25 bits per heavy atom. The molecule has 0 saturated heterocycles. The molecule has 0 atom stereocenters. The molecule has 112 valence electrons. The highest BCUT2D eigenvalue weighted by Crippen LogP contribution is 2.32. The first-order chi connectivity index (χ1) is 9.03. The van der Waals surface area contributed by atoms with Crippen LogP contribution < -0.4 is 14.8 Å². The minimum Gasteiger partial charge on any atom is -0.494 e. The van der Waals surface area contributed by atoms with E-state index in [0.29, 0.717) is 0 Å². The van der Waals surface area contributed by atoms with Gasteiger partial charge in [0.2, 0.25) is 5.91 Å². The first-order valence-electron chi connectivity index (χ1n) is 5.78. The second-order valence-corrected chi connectivity index (χ2v) is 5.11. The molecule has 1 aromatic carbocycles. The van der Waals surface area contributed by atoms with Gasteiger partial charge < -0.3 is 14.8 Å². The van der Waals surface area contributed by atoms with Gasteiger partial charge in [-0.15, -0.1) is 13.2 Å².